The molecule has 0 unspecified atom stereocenters. The van der Waals surface area contributed by atoms with Gasteiger partial charge < -0.3 is 0 Å². The fraction of sp³-hybridized carbons (Fsp3) is 0.625. The Hall–Kier alpha value is -0.820. The highest BCUT2D eigenvalue weighted by Crippen LogP contribution is 2.22. The van der Waals surface area contributed by atoms with Crippen LogP contribution in [0.2, 0.25) is 0 Å². The van der Waals surface area contributed by atoms with Crippen molar-refractivity contribution in [1.29, 1.82) is 0 Å². The molecule has 95 valence electrons. The summed E-state index contributed by atoms with van der Waals surface area (Å²) in [6.45, 7) is 6.51. The standard InChI is InChI=1S/C16H25O/c1-4-7-13-10-14(8-5-2)16(12-17)15(11-13)9-6-3/h10-11H,4-9,12H2,1-3H3. The lowest BCUT2D eigenvalue weighted by Crippen LogP contribution is -2.02. The molecule has 0 saturated carbocycles. The topological polar surface area (TPSA) is 19.9 Å². The number of hydrogen-bond donors (Lipinski definition) is 0. The van der Waals surface area contributed by atoms with Gasteiger partial charge in [-0.15, -0.1) is 0 Å². The first-order valence-electron chi connectivity index (χ1n) is 6.98. The summed E-state index contributed by atoms with van der Waals surface area (Å²) in [6.07, 6.45) is 6.64. The molecule has 0 fully saturated rings. The molecule has 0 N–H and O–H groups in total. The van der Waals surface area contributed by atoms with Gasteiger partial charge in [-0.3, -0.25) is 0 Å². The Bertz CT molecular complexity index is 314. The third-order valence-corrected chi connectivity index (χ3v) is 3.22. The van der Waals surface area contributed by atoms with Gasteiger partial charge in [0.15, 0.2) is 0 Å². The van der Waals surface area contributed by atoms with E-state index in [-0.39, 0.29) is 6.61 Å². The molecule has 0 aliphatic carbocycles. The van der Waals surface area contributed by atoms with Crippen LogP contribution < -0.4 is 0 Å². The van der Waals surface area contributed by atoms with Gasteiger partial charge in [-0.25, -0.2) is 5.11 Å². The average molecular weight is 233 g/mol. The van der Waals surface area contributed by atoms with Crippen molar-refractivity contribution in [3.05, 3.63) is 34.4 Å². The molecule has 1 nitrogen and oxygen atoms in total. The van der Waals surface area contributed by atoms with Crippen LogP contribution in [0, 0.1) is 0 Å². The first-order chi connectivity index (χ1) is 8.26. The summed E-state index contributed by atoms with van der Waals surface area (Å²) < 4.78 is 0. The normalized spacial score (nSPS) is 10.8. The molecule has 0 aliphatic rings. The van der Waals surface area contributed by atoms with E-state index in [1.54, 1.807) is 0 Å². The van der Waals surface area contributed by atoms with Gasteiger partial charge in [0, 0.05) is 0 Å². The average Bonchev–Trinajstić information content (AvgIpc) is 2.30. The summed E-state index contributed by atoms with van der Waals surface area (Å²) in [5.41, 5.74) is 5.10. The minimum absolute atomic E-state index is 0.0585. The van der Waals surface area contributed by atoms with Gasteiger partial charge in [0.25, 0.3) is 0 Å². The van der Waals surface area contributed by atoms with Crippen LogP contribution in [0.5, 0.6) is 0 Å². The van der Waals surface area contributed by atoms with Crippen LogP contribution in [0.4, 0.5) is 0 Å². The Labute approximate surface area is 106 Å². The van der Waals surface area contributed by atoms with Gasteiger partial charge in [-0.2, -0.15) is 0 Å². The van der Waals surface area contributed by atoms with E-state index < -0.39 is 0 Å². The summed E-state index contributed by atoms with van der Waals surface area (Å²) >= 11 is 0. The minimum atomic E-state index is -0.0585. The molecule has 0 amide bonds. The molecule has 0 spiro atoms. The molecule has 1 aromatic carbocycles. The molecule has 1 radical (unpaired) electrons. The van der Waals surface area contributed by atoms with Crippen LogP contribution >= 0.6 is 0 Å². The van der Waals surface area contributed by atoms with Gasteiger partial charge in [0.05, 0.1) is 0 Å². The summed E-state index contributed by atoms with van der Waals surface area (Å²) in [5.74, 6) is 0. The fourth-order valence-corrected chi connectivity index (χ4v) is 2.47. The molecular weight excluding hydrogens is 208 g/mol. The first-order valence-corrected chi connectivity index (χ1v) is 6.98. The molecule has 0 aliphatic heterocycles. The monoisotopic (exact) mass is 233 g/mol. The fourth-order valence-electron chi connectivity index (χ4n) is 2.47. The number of hydrogen-bond acceptors (Lipinski definition) is 0. The zero-order chi connectivity index (χ0) is 12.7. The van der Waals surface area contributed by atoms with E-state index in [0.29, 0.717) is 0 Å². The quantitative estimate of drug-likeness (QED) is 0.662. The highest BCUT2D eigenvalue weighted by atomic mass is 16.3. The Morgan fingerprint density at radius 2 is 1.29 bits per heavy atom. The Morgan fingerprint density at radius 3 is 1.65 bits per heavy atom. The van der Waals surface area contributed by atoms with E-state index >= 15 is 0 Å². The third kappa shape index (κ3) is 3.85. The summed E-state index contributed by atoms with van der Waals surface area (Å²) in [4.78, 5) is 0. The Balaban J connectivity index is 3.14. The lowest BCUT2D eigenvalue weighted by Gasteiger charge is -2.14. The van der Waals surface area contributed by atoms with E-state index in [2.05, 4.69) is 32.9 Å². The second kappa shape index (κ2) is 7.50. The largest absolute Gasteiger partial charge is 0.232 e. The van der Waals surface area contributed by atoms with Crippen molar-refractivity contribution in [3.63, 3.8) is 0 Å². The first kappa shape index (κ1) is 14.2. The lowest BCUT2D eigenvalue weighted by molar-refractivity contribution is 0.176. The lowest BCUT2D eigenvalue weighted by atomic mass is 9.92. The second-order valence-electron chi connectivity index (χ2n) is 4.79. The molecule has 1 aromatic rings. The maximum Gasteiger partial charge on any atom is 0.108 e. The van der Waals surface area contributed by atoms with Gasteiger partial charge in [0.2, 0.25) is 0 Å². The minimum Gasteiger partial charge on any atom is -0.232 e. The molecule has 0 aromatic heterocycles. The predicted molar refractivity (Wildman–Crippen MR) is 72.8 cm³/mol. The SMILES string of the molecule is CCCc1cc(CCC)c(C[O])c(CCC)c1. The van der Waals surface area contributed by atoms with Crippen molar-refractivity contribution < 1.29 is 5.11 Å². The number of aryl methyl sites for hydroxylation is 3. The molecule has 0 atom stereocenters. The van der Waals surface area contributed by atoms with E-state index in [1.807, 2.05) is 0 Å². The van der Waals surface area contributed by atoms with E-state index in [9.17, 15) is 5.11 Å². The van der Waals surface area contributed by atoms with Crippen molar-refractivity contribution in [2.45, 2.75) is 65.9 Å². The predicted octanol–water partition coefficient (Wildman–Crippen LogP) is 4.47. The molecule has 17 heavy (non-hydrogen) atoms. The van der Waals surface area contributed by atoms with Crippen molar-refractivity contribution >= 4 is 0 Å². The number of benzene rings is 1. The molecule has 1 rings (SSSR count). The highest BCUT2D eigenvalue weighted by Gasteiger charge is 2.09. The van der Waals surface area contributed by atoms with Crippen molar-refractivity contribution in [2.75, 3.05) is 0 Å². The summed E-state index contributed by atoms with van der Waals surface area (Å²) in [5, 5.41) is 11.4. The molecule has 1 heteroatoms. The maximum atomic E-state index is 11.4. The van der Waals surface area contributed by atoms with Gasteiger partial charge >= 0.3 is 0 Å². The maximum absolute atomic E-state index is 11.4. The van der Waals surface area contributed by atoms with Crippen molar-refractivity contribution in [3.8, 4) is 0 Å². The van der Waals surface area contributed by atoms with Crippen LogP contribution in [0.25, 0.3) is 0 Å². The van der Waals surface area contributed by atoms with Gasteiger partial charge in [-0.05, 0) is 41.5 Å². The zero-order valence-electron chi connectivity index (χ0n) is 11.5. The molecule has 0 heterocycles. The summed E-state index contributed by atoms with van der Waals surface area (Å²) in [6, 6.07) is 4.53. The summed E-state index contributed by atoms with van der Waals surface area (Å²) in [7, 11) is 0. The van der Waals surface area contributed by atoms with E-state index in [1.165, 1.54) is 23.1 Å². The van der Waals surface area contributed by atoms with Crippen LogP contribution in [-0.2, 0) is 31.0 Å². The second-order valence-corrected chi connectivity index (χ2v) is 4.79. The molecular formula is C16H25O. The van der Waals surface area contributed by atoms with Crippen LogP contribution in [0.15, 0.2) is 12.1 Å². The van der Waals surface area contributed by atoms with E-state index in [0.717, 1.165) is 37.7 Å². The third-order valence-electron chi connectivity index (χ3n) is 3.22. The smallest absolute Gasteiger partial charge is 0.108 e. The van der Waals surface area contributed by atoms with Crippen LogP contribution in [-0.4, -0.2) is 0 Å². The van der Waals surface area contributed by atoms with Crippen molar-refractivity contribution in [1.82, 2.24) is 0 Å². The van der Waals surface area contributed by atoms with Crippen molar-refractivity contribution in [2.24, 2.45) is 0 Å². The Kier molecular flexibility index (Phi) is 6.28. The zero-order valence-corrected chi connectivity index (χ0v) is 11.5. The van der Waals surface area contributed by atoms with E-state index in [4.69, 9.17) is 0 Å². The highest BCUT2D eigenvalue weighted by molar-refractivity contribution is 5.39. The number of rotatable bonds is 7. The molecule has 0 saturated heterocycles. The molecule has 0 bridgehead atoms. The van der Waals surface area contributed by atoms with Gasteiger partial charge in [0.1, 0.15) is 6.61 Å². The van der Waals surface area contributed by atoms with Gasteiger partial charge in [-0.1, -0.05) is 52.2 Å². The Morgan fingerprint density at radius 1 is 0.824 bits per heavy atom. The van der Waals surface area contributed by atoms with Crippen LogP contribution in [0.1, 0.15) is 62.3 Å². The van der Waals surface area contributed by atoms with Crippen LogP contribution in [0.3, 0.4) is 0 Å².